The van der Waals surface area contributed by atoms with Crippen LogP contribution in [0.2, 0.25) is 10.4 Å². The molecule has 0 radical (unpaired) electrons. The molecule has 3 aromatic rings. The molecule has 1 aromatic heterocycles. The lowest BCUT2D eigenvalue weighted by atomic mass is 10.1. The number of nitrogens with zero attached hydrogens (tertiary/aromatic N) is 1. The summed E-state index contributed by atoms with van der Waals surface area (Å²) in [7, 11) is 0. The van der Waals surface area contributed by atoms with Crippen molar-refractivity contribution in [3.8, 4) is 34.1 Å². The lowest BCUT2D eigenvalue weighted by Crippen LogP contribution is -1.92. The smallest absolute Gasteiger partial charge is 0.293 e. The van der Waals surface area contributed by atoms with E-state index in [2.05, 4.69) is 4.98 Å². The van der Waals surface area contributed by atoms with Crippen molar-refractivity contribution >= 4 is 23.2 Å². The van der Waals surface area contributed by atoms with Crippen LogP contribution in [0, 0.1) is 0 Å². The summed E-state index contributed by atoms with van der Waals surface area (Å²) < 4.78 is 16.3. The molecule has 0 aliphatic carbocycles. The van der Waals surface area contributed by atoms with Crippen molar-refractivity contribution in [1.29, 1.82) is 0 Å². The molecule has 2 heterocycles. The van der Waals surface area contributed by atoms with Crippen molar-refractivity contribution in [3.63, 3.8) is 0 Å². The van der Waals surface area contributed by atoms with Gasteiger partial charge in [0.2, 0.25) is 6.79 Å². The number of benzene rings is 2. The quantitative estimate of drug-likeness (QED) is 0.658. The van der Waals surface area contributed by atoms with Crippen LogP contribution in [0.3, 0.4) is 0 Å². The summed E-state index contributed by atoms with van der Waals surface area (Å²) in [6.45, 7) is 0.222. The predicted molar refractivity (Wildman–Crippen MR) is 83.5 cm³/mol. The van der Waals surface area contributed by atoms with Gasteiger partial charge in [0, 0.05) is 16.1 Å². The Kier molecular flexibility index (Phi) is 3.21. The van der Waals surface area contributed by atoms with E-state index in [1.54, 1.807) is 12.1 Å². The van der Waals surface area contributed by atoms with Crippen molar-refractivity contribution in [2.24, 2.45) is 0 Å². The van der Waals surface area contributed by atoms with Crippen LogP contribution in [0.15, 0.2) is 46.9 Å². The third-order valence-electron chi connectivity index (χ3n) is 3.35. The Labute approximate surface area is 136 Å². The van der Waals surface area contributed by atoms with Gasteiger partial charge in [0.15, 0.2) is 17.3 Å². The van der Waals surface area contributed by atoms with Crippen LogP contribution >= 0.6 is 23.2 Å². The maximum atomic E-state index is 5.95. The minimum atomic E-state index is 0.0811. The Bertz CT molecular complexity index is 843. The van der Waals surface area contributed by atoms with Crippen molar-refractivity contribution in [2.75, 3.05) is 6.79 Å². The standard InChI is InChI=1S/C16H9Cl2NO3/c17-11-4-1-9(2-5-11)14-15(22-16(18)19-14)10-3-6-12-13(7-10)21-8-20-12/h1-7H,8H2. The van der Waals surface area contributed by atoms with Crippen LogP contribution in [0.5, 0.6) is 11.5 Å². The van der Waals surface area contributed by atoms with Crippen LogP contribution in [0.4, 0.5) is 0 Å². The summed E-state index contributed by atoms with van der Waals surface area (Å²) >= 11 is 11.9. The molecule has 0 amide bonds. The fourth-order valence-corrected chi connectivity index (χ4v) is 2.62. The van der Waals surface area contributed by atoms with Gasteiger partial charge in [0.1, 0.15) is 5.69 Å². The number of hydrogen-bond donors (Lipinski definition) is 0. The zero-order valence-electron chi connectivity index (χ0n) is 11.2. The topological polar surface area (TPSA) is 44.5 Å². The molecule has 4 nitrogen and oxygen atoms in total. The average Bonchev–Trinajstić information content (AvgIpc) is 3.13. The summed E-state index contributed by atoms with van der Waals surface area (Å²) in [6, 6.07) is 12.9. The number of fused-ring (bicyclic) bond motifs is 1. The van der Waals surface area contributed by atoms with E-state index in [4.69, 9.17) is 37.1 Å². The van der Waals surface area contributed by atoms with Crippen molar-refractivity contribution < 1.29 is 13.9 Å². The summed E-state index contributed by atoms with van der Waals surface area (Å²) in [4.78, 5) is 4.26. The van der Waals surface area contributed by atoms with Gasteiger partial charge < -0.3 is 13.9 Å². The number of rotatable bonds is 2. The lowest BCUT2D eigenvalue weighted by molar-refractivity contribution is 0.174. The highest BCUT2D eigenvalue weighted by molar-refractivity contribution is 6.30. The molecule has 22 heavy (non-hydrogen) atoms. The fourth-order valence-electron chi connectivity index (χ4n) is 2.33. The molecule has 0 saturated carbocycles. The number of aromatic nitrogens is 1. The van der Waals surface area contributed by atoms with Crippen LogP contribution in [-0.2, 0) is 0 Å². The van der Waals surface area contributed by atoms with Gasteiger partial charge in [0.05, 0.1) is 0 Å². The summed E-state index contributed by atoms with van der Waals surface area (Å²) in [5.41, 5.74) is 2.34. The Morgan fingerprint density at radius 1 is 0.864 bits per heavy atom. The Balaban J connectivity index is 1.84. The molecule has 110 valence electrons. The van der Waals surface area contributed by atoms with Crippen LogP contribution in [0.1, 0.15) is 0 Å². The zero-order valence-corrected chi connectivity index (χ0v) is 12.7. The second-order valence-electron chi connectivity index (χ2n) is 4.72. The molecule has 0 unspecified atom stereocenters. The second-order valence-corrected chi connectivity index (χ2v) is 5.48. The van der Waals surface area contributed by atoms with E-state index in [1.807, 2.05) is 30.3 Å². The summed E-state index contributed by atoms with van der Waals surface area (Å²) in [5, 5.41) is 0.737. The van der Waals surface area contributed by atoms with Crippen molar-refractivity contribution in [2.45, 2.75) is 0 Å². The third kappa shape index (κ3) is 2.30. The van der Waals surface area contributed by atoms with Gasteiger partial charge in [-0.25, -0.2) is 0 Å². The molecule has 0 saturated heterocycles. The van der Waals surface area contributed by atoms with Crippen LogP contribution in [-0.4, -0.2) is 11.8 Å². The minimum Gasteiger partial charge on any atom is -0.454 e. The van der Waals surface area contributed by atoms with Gasteiger partial charge in [-0.2, -0.15) is 4.98 Å². The largest absolute Gasteiger partial charge is 0.454 e. The molecule has 6 heteroatoms. The number of oxazole rings is 1. The molecule has 0 N–H and O–H groups in total. The minimum absolute atomic E-state index is 0.0811. The highest BCUT2D eigenvalue weighted by Crippen LogP contribution is 2.40. The molecular formula is C16H9Cl2NO3. The van der Waals surface area contributed by atoms with Crippen LogP contribution < -0.4 is 9.47 Å². The van der Waals surface area contributed by atoms with E-state index in [0.29, 0.717) is 28.0 Å². The Morgan fingerprint density at radius 2 is 1.59 bits per heavy atom. The Morgan fingerprint density at radius 3 is 2.41 bits per heavy atom. The highest BCUT2D eigenvalue weighted by atomic mass is 35.5. The van der Waals surface area contributed by atoms with E-state index in [9.17, 15) is 0 Å². The lowest BCUT2D eigenvalue weighted by Gasteiger charge is -2.03. The molecule has 1 aliphatic rings. The molecule has 2 aromatic carbocycles. The van der Waals surface area contributed by atoms with Crippen molar-refractivity contribution in [1.82, 2.24) is 4.98 Å². The summed E-state index contributed by atoms with van der Waals surface area (Å²) in [6.07, 6.45) is 0. The Hall–Kier alpha value is -2.17. The monoisotopic (exact) mass is 333 g/mol. The number of ether oxygens (including phenoxy) is 2. The van der Waals surface area contributed by atoms with E-state index in [-0.39, 0.29) is 12.1 Å². The molecule has 1 aliphatic heterocycles. The van der Waals surface area contributed by atoms with E-state index >= 15 is 0 Å². The first-order chi connectivity index (χ1) is 10.7. The zero-order chi connectivity index (χ0) is 15.1. The van der Waals surface area contributed by atoms with Gasteiger partial charge in [-0.1, -0.05) is 23.7 Å². The van der Waals surface area contributed by atoms with Gasteiger partial charge in [-0.3, -0.25) is 0 Å². The maximum Gasteiger partial charge on any atom is 0.293 e. The molecule has 0 spiro atoms. The molecule has 0 fully saturated rings. The molecule has 4 rings (SSSR count). The van der Waals surface area contributed by atoms with Gasteiger partial charge in [-0.15, -0.1) is 0 Å². The van der Waals surface area contributed by atoms with Gasteiger partial charge in [0.25, 0.3) is 5.35 Å². The highest BCUT2D eigenvalue weighted by Gasteiger charge is 2.20. The SMILES string of the molecule is Clc1ccc(-c2nc(Cl)oc2-c2ccc3c(c2)OCO3)cc1. The van der Waals surface area contributed by atoms with E-state index in [1.165, 1.54) is 0 Å². The second kappa shape index (κ2) is 5.23. The predicted octanol–water partition coefficient (Wildman–Crippen LogP) is 5.04. The normalized spacial score (nSPS) is 12.6. The van der Waals surface area contributed by atoms with E-state index in [0.717, 1.165) is 11.1 Å². The molecular weight excluding hydrogens is 325 g/mol. The van der Waals surface area contributed by atoms with Gasteiger partial charge >= 0.3 is 0 Å². The number of hydrogen-bond acceptors (Lipinski definition) is 4. The van der Waals surface area contributed by atoms with Crippen molar-refractivity contribution in [3.05, 3.63) is 52.8 Å². The first-order valence-corrected chi connectivity index (χ1v) is 7.28. The maximum absolute atomic E-state index is 5.95. The first-order valence-electron chi connectivity index (χ1n) is 6.53. The van der Waals surface area contributed by atoms with Crippen LogP contribution in [0.25, 0.3) is 22.6 Å². The summed E-state index contributed by atoms with van der Waals surface area (Å²) in [5.74, 6) is 1.96. The fraction of sp³-hybridized carbons (Fsp3) is 0.0625. The average molecular weight is 334 g/mol. The number of halogens is 2. The van der Waals surface area contributed by atoms with Gasteiger partial charge in [-0.05, 0) is 41.9 Å². The molecule has 0 atom stereocenters. The molecule has 0 bridgehead atoms. The first kappa shape index (κ1) is 13.5. The third-order valence-corrected chi connectivity index (χ3v) is 3.77. The van der Waals surface area contributed by atoms with E-state index < -0.39 is 0 Å².